The highest BCUT2D eigenvalue weighted by molar-refractivity contribution is 5.76. The minimum Gasteiger partial charge on any atom is -0.465 e. The van der Waals surface area contributed by atoms with E-state index < -0.39 is 11.6 Å². The monoisotopic (exact) mass is 508 g/mol. The van der Waals surface area contributed by atoms with E-state index in [4.69, 9.17) is 4.74 Å². The van der Waals surface area contributed by atoms with E-state index in [2.05, 4.69) is 82.6 Å². The van der Waals surface area contributed by atoms with Crippen LogP contribution < -0.4 is 0 Å². The third kappa shape index (κ3) is 5.00. The van der Waals surface area contributed by atoms with Crippen LogP contribution in [0.25, 0.3) is 0 Å². The summed E-state index contributed by atoms with van der Waals surface area (Å²) in [6.45, 7) is 4.17. The maximum absolute atomic E-state index is 14.6. The number of halogens is 1. The third-order valence-electron chi connectivity index (χ3n) is 7.43. The van der Waals surface area contributed by atoms with Gasteiger partial charge in [-0.1, -0.05) is 109 Å². The molecule has 0 aromatic heterocycles. The first-order valence-corrected chi connectivity index (χ1v) is 13.2. The maximum Gasteiger partial charge on any atom is 0.324 e. The van der Waals surface area contributed by atoms with Crippen molar-refractivity contribution < 1.29 is 13.9 Å². The number of esters is 1. The Hall–Kier alpha value is -3.80. The molecule has 0 bridgehead atoms. The zero-order valence-corrected chi connectivity index (χ0v) is 21.7. The number of carbonyl (C=O) groups is 1. The van der Waals surface area contributed by atoms with Crippen LogP contribution in [0.15, 0.2) is 115 Å². The van der Waals surface area contributed by atoms with Crippen LogP contribution in [0.3, 0.4) is 0 Å². The molecular weight excluding hydrogens is 475 g/mol. The van der Waals surface area contributed by atoms with Gasteiger partial charge in [-0.3, -0.25) is 14.6 Å². The molecular formula is C33H33FN2O2. The summed E-state index contributed by atoms with van der Waals surface area (Å²) in [4.78, 5) is 17.8. The zero-order chi connectivity index (χ0) is 26.4. The maximum atomic E-state index is 14.6. The molecule has 0 radical (unpaired) electrons. The van der Waals surface area contributed by atoms with Crippen LogP contribution in [-0.4, -0.2) is 48.1 Å². The lowest BCUT2D eigenvalue weighted by Gasteiger charge is -2.51. The number of piperazine rings is 1. The second-order valence-electron chi connectivity index (χ2n) is 9.58. The Morgan fingerprint density at radius 3 is 1.79 bits per heavy atom. The summed E-state index contributed by atoms with van der Waals surface area (Å²) < 4.78 is 20.2. The first-order chi connectivity index (χ1) is 18.6. The highest BCUT2D eigenvalue weighted by Gasteiger charge is 2.46. The molecule has 1 aliphatic rings. The average Bonchev–Trinajstić information content (AvgIpc) is 2.97. The van der Waals surface area contributed by atoms with Crippen LogP contribution in [0.4, 0.5) is 4.39 Å². The summed E-state index contributed by atoms with van der Waals surface area (Å²) in [5.41, 5.74) is 3.34. The molecule has 1 unspecified atom stereocenters. The molecule has 5 rings (SSSR count). The van der Waals surface area contributed by atoms with E-state index in [9.17, 15) is 9.18 Å². The number of benzene rings is 4. The SMILES string of the molecule is CCOC(=O)C1CN(C(c2ccccc2)(c2ccccc2)c2ccccc2)CCN1Cc1ccccc1F. The Balaban J connectivity index is 1.62. The van der Waals surface area contributed by atoms with Crippen molar-refractivity contribution in [1.82, 2.24) is 9.80 Å². The van der Waals surface area contributed by atoms with Crippen LogP contribution in [0.2, 0.25) is 0 Å². The van der Waals surface area contributed by atoms with Gasteiger partial charge in [0.2, 0.25) is 0 Å². The van der Waals surface area contributed by atoms with Crippen molar-refractivity contribution in [1.29, 1.82) is 0 Å². The van der Waals surface area contributed by atoms with Crippen LogP contribution in [0.1, 0.15) is 29.2 Å². The molecule has 1 heterocycles. The first-order valence-electron chi connectivity index (χ1n) is 13.2. The standard InChI is InChI=1S/C33H33FN2O2/c1-2-38-32(37)31-25-36(23-22-35(31)24-26-14-12-13-21-30(26)34)33(27-15-6-3-7-16-27,28-17-8-4-9-18-28)29-19-10-5-11-20-29/h3-21,31H,2,22-25H2,1H3. The minimum absolute atomic E-state index is 0.259. The van der Waals surface area contributed by atoms with Crippen LogP contribution in [0, 0.1) is 5.82 Å². The predicted molar refractivity (Wildman–Crippen MR) is 148 cm³/mol. The molecule has 194 valence electrons. The molecule has 38 heavy (non-hydrogen) atoms. The van der Waals surface area contributed by atoms with Crippen molar-refractivity contribution in [2.75, 3.05) is 26.2 Å². The summed E-state index contributed by atoms with van der Waals surface area (Å²) in [6, 6.07) is 37.6. The largest absolute Gasteiger partial charge is 0.465 e. The van der Waals surface area contributed by atoms with E-state index in [1.807, 2.05) is 31.2 Å². The highest BCUT2D eigenvalue weighted by atomic mass is 19.1. The molecule has 0 spiro atoms. The smallest absolute Gasteiger partial charge is 0.324 e. The molecule has 0 amide bonds. The molecule has 4 aromatic carbocycles. The van der Waals surface area contributed by atoms with E-state index in [-0.39, 0.29) is 11.8 Å². The molecule has 1 aliphatic heterocycles. The molecule has 4 aromatic rings. The number of hydrogen-bond donors (Lipinski definition) is 0. The molecule has 0 aliphatic carbocycles. The van der Waals surface area contributed by atoms with Crippen LogP contribution in [-0.2, 0) is 21.6 Å². The highest BCUT2D eigenvalue weighted by Crippen LogP contribution is 2.43. The number of hydrogen-bond acceptors (Lipinski definition) is 4. The third-order valence-corrected chi connectivity index (χ3v) is 7.43. The lowest BCUT2D eigenvalue weighted by molar-refractivity contribution is -0.153. The van der Waals surface area contributed by atoms with Crippen molar-refractivity contribution in [2.24, 2.45) is 0 Å². The van der Waals surface area contributed by atoms with Gasteiger partial charge in [-0.2, -0.15) is 0 Å². The molecule has 1 fully saturated rings. The normalized spacial score (nSPS) is 16.7. The minimum atomic E-state index is -0.626. The Morgan fingerprint density at radius 1 is 0.789 bits per heavy atom. The lowest BCUT2D eigenvalue weighted by atomic mass is 9.75. The van der Waals surface area contributed by atoms with E-state index in [0.717, 1.165) is 16.7 Å². The number of ether oxygens (including phenoxy) is 1. The fraction of sp³-hybridized carbons (Fsp3) is 0.242. The zero-order valence-electron chi connectivity index (χ0n) is 21.7. The summed E-state index contributed by atoms with van der Waals surface area (Å²) in [7, 11) is 0. The molecule has 0 saturated carbocycles. The fourth-order valence-electron chi connectivity index (χ4n) is 5.71. The summed E-state index contributed by atoms with van der Waals surface area (Å²) in [5, 5.41) is 0. The second kappa shape index (κ2) is 11.7. The fourth-order valence-corrected chi connectivity index (χ4v) is 5.71. The van der Waals surface area contributed by atoms with Gasteiger partial charge >= 0.3 is 5.97 Å². The Bertz CT molecular complexity index is 1230. The van der Waals surface area contributed by atoms with Gasteiger partial charge in [0.15, 0.2) is 0 Å². The van der Waals surface area contributed by atoms with Gasteiger partial charge in [-0.15, -0.1) is 0 Å². The molecule has 4 nitrogen and oxygen atoms in total. The van der Waals surface area contributed by atoms with Gasteiger partial charge in [-0.05, 0) is 29.7 Å². The Labute approximate surface area is 224 Å². The van der Waals surface area contributed by atoms with Gasteiger partial charge in [0.1, 0.15) is 11.9 Å². The number of nitrogens with zero attached hydrogens (tertiary/aromatic N) is 2. The lowest BCUT2D eigenvalue weighted by Crippen LogP contribution is -2.62. The van der Waals surface area contributed by atoms with Gasteiger partial charge < -0.3 is 4.74 Å². The van der Waals surface area contributed by atoms with E-state index >= 15 is 0 Å². The van der Waals surface area contributed by atoms with Crippen molar-refractivity contribution in [3.8, 4) is 0 Å². The summed E-state index contributed by atoms with van der Waals surface area (Å²) in [6.07, 6.45) is 0. The van der Waals surface area contributed by atoms with Crippen molar-refractivity contribution in [3.63, 3.8) is 0 Å². The van der Waals surface area contributed by atoms with Crippen molar-refractivity contribution in [2.45, 2.75) is 25.0 Å². The average molecular weight is 509 g/mol. The second-order valence-corrected chi connectivity index (χ2v) is 9.58. The van der Waals surface area contributed by atoms with Gasteiger partial charge in [0.25, 0.3) is 0 Å². The van der Waals surface area contributed by atoms with Gasteiger partial charge in [-0.25, -0.2) is 4.39 Å². The quantitative estimate of drug-likeness (QED) is 0.220. The molecule has 1 saturated heterocycles. The van der Waals surface area contributed by atoms with Crippen molar-refractivity contribution in [3.05, 3.63) is 143 Å². The Morgan fingerprint density at radius 2 is 1.29 bits per heavy atom. The first kappa shape index (κ1) is 25.8. The van der Waals surface area contributed by atoms with Crippen molar-refractivity contribution >= 4 is 5.97 Å². The Kier molecular flexibility index (Phi) is 7.97. The molecule has 0 N–H and O–H groups in total. The number of rotatable bonds is 8. The molecule has 5 heteroatoms. The predicted octanol–water partition coefficient (Wildman–Crippen LogP) is 5.87. The van der Waals surface area contributed by atoms with E-state index in [0.29, 0.717) is 38.3 Å². The van der Waals surface area contributed by atoms with Crippen LogP contribution >= 0.6 is 0 Å². The van der Waals surface area contributed by atoms with Gasteiger partial charge in [0.05, 0.1) is 12.1 Å². The van der Waals surface area contributed by atoms with E-state index in [1.165, 1.54) is 6.07 Å². The number of carbonyl (C=O) groups excluding carboxylic acids is 1. The van der Waals surface area contributed by atoms with E-state index in [1.54, 1.807) is 12.1 Å². The van der Waals surface area contributed by atoms with Gasteiger partial charge in [0, 0.05) is 31.7 Å². The summed E-state index contributed by atoms with van der Waals surface area (Å²) >= 11 is 0. The van der Waals surface area contributed by atoms with Crippen LogP contribution in [0.5, 0.6) is 0 Å². The summed E-state index contributed by atoms with van der Waals surface area (Å²) in [5.74, 6) is -0.540. The topological polar surface area (TPSA) is 32.8 Å². The molecule has 1 atom stereocenters.